The first-order chi connectivity index (χ1) is 12.8. The lowest BCUT2D eigenvalue weighted by molar-refractivity contribution is 0.479. The average Bonchev–Trinajstić information content (AvgIpc) is 3.32. The van der Waals surface area contributed by atoms with Crippen molar-refractivity contribution in [3.63, 3.8) is 0 Å². The van der Waals surface area contributed by atoms with Crippen molar-refractivity contribution in [3.8, 4) is 0 Å². The molecule has 0 amide bonds. The Morgan fingerprint density at radius 1 is 1.04 bits per heavy atom. The Bertz CT molecular complexity index is 837. The van der Waals surface area contributed by atoms with Gasteiger partial charge < -0.3 is 9.32 Å². The summed E-state index contributed by atoms with van der Waals surface area (Å²) in [5, 5.41) is 9.99. The van der Waals surface area contributed by atoms with Gasteiger partial charge in [0, 0.05) is 18.8 Å². The molecule has 0 saturated carbocycles. The topological polar surface area (TPSA) is 47.1 Å². The molecule has 3 aromatic rings. The normalized spacial score (nSPS) is 14.7. The highest BCUT2D eigenvalue weighted by Crippen LogP contribution is 2.28. The van der Waals surface area contributed by atoms with Gasteiger partial charge in [0.1, 0.15) is 5.76 Å². The van der Waals surface area contributed by atoms with Crippen LogP contribution in [0.5, 0.6) is 0 Å². The van der Waals surface area contributed by atoms with Crippen molar-refractivity contribution in [1.29, 1.82) is 0 Å². The maximum Gasteiger partial charge on any atom is 0.228 e. The molecular weight excluding hydrogens is 344 g/mol. The standard InChI is InChI=1S/C20H24N4OS/c1-16-8-3-4-9-17(16)15-26-20-22-21-19(23-11-5-2-6-12-23)24(20)14-18-10-7-13-25-18/h3-4,7-10,13H,2,5-6,11-12,14-15H2,1H3. The summed E-state index contributed by atoms with van der Waals surface area (Å²) in [6, 6.07) is 12.5. The van der Waals surface area contributed by atoms with E-state index in [1.54, 1.807) is 18.0 Å². The molecule has 0 bridgehead atoms. The molecule has 2 aromatic heterocycles. The predicted molar refractivity (Wildman–Crippen MR) is 105 cm³/mol. The smallest absolute Gasteiger partial charge is 0.228 e. The Morgan fingerprint density at radius 3 is 2.65 bits per heavy atom. The van der Waals surface area contributed by atoms with Gasteiger partial charge in [0.2, 0.25) is 5.95 Å². The van der Waals surface area contributed by atoms with Gasteiger partial charge in [0.15, 0.2) is 5.16 Å². The Labute approximate surface area is 158 Å². The highest BCUT2D eigenvalue weighted by molar-refractivity contribution is 7.98. The lowest BCUT2D eigenvalue weighted by Crippen LogP contribution is -2.32. The number of furan rings is 1. The lowest BCUT2D eigenvalue weighted by Gasteiger charge is -2.27. The molecule has 6 heteroatoms. The van der Waals surface area contributed by atoms with Crippen LogP contribution in [-0.4, -0.2) is 27.9 Å². The number of piperidine rings is 1. The van der Waals surface area contributed by atoms with Crippen molar-refractivity contribution in [2.45, 2.75) is 43.6 Å². The van der Waals surface area contributed by atoms with Crippen molar-refractivity contribution in [2.75, 3.05) is 18.0 Å². The van der Waals surface area contributed by atoms with E-state index in [0.29, 0.717) is 6.54 Å². The summed E-state index contributed by atoms with van der Waals surface area (Å²) in [6.45, 7) is 4.93. The monoisotopic (exact) mass is 368 g/mol. The minimum Gasteiger partial charge on any atom is -0.467 e. The quantitative estimate of drug-likeness (QED) is 0.599. The molecular formula is C20H24N4OS. The Morgan fingerprint density at radius 2 is 1.88 bits per heavy atom. The van der Waals surface area contributed by atoms with Gasteiger partial charge in [0.05, 0.1) is 12.8 Å². The van der Waals surface area contributed by atoms with Crippen molar-refractivity contribution >= 4 is 17.7 Å². The van der Waals surface area contributed by atoms with Gasteiger partial charge in [0.25, 0.3) is 0 Å². The third kappa shape index (κ3) is 3.80. The fourth-order valence-electron chi connectivity index (χ4n) is 3.33. The molecule has 1 aromatic carbocycles. The third-order valence-electron chi connectivity index (χ3n) is 4.85. The van der Waals surface area contributed by atoms with Crippen molar-refractivity contribution in [1.82, 2.24) is 14.8 Å². The number of aromatic nitrogens is 3. The van der Waals surface area contributed by atoms with E-state index in [1.165, 1.54) is 30.4 Å². The second-order valence-electron chi connectivity index (χ2n) is 6.71. The van der Waals surface area contributed by atoms with Crippen LogP contribution in [0, 0.1) is 6.92 Å². The molecule has 0 aliphatic carbocycles. The van der Waals surface area contributed by atoms with Crippen LogP contribution in [0.4, 0.5) is 5.95 Å². The zero-order valence-corrected chi connectivity index (χ0v) is 15.9. The maximum absolute atomic E-state index is 5.58. The number of rotatable bonds is 6. The molecule has 1 saturated heterocycles. The predicted octanol–water partition coefficient (Wildman–Crippen LogP) is 4.51. The molecule has 26 heavy (non-hydrogen) atoms. The van der Waals surface area contributed by atoms with E-state index in [2.05, 4.69) is 50.9 Å². The third-order valence-corrected chi connectivity index (χ3v) is 5.86. The summed E-state index contributed by atoms with van der Waals surface area (Å²) in [5.41, 5.74) is 2.65. The van der Waals surface area contributed by atoms with Crippen LogP contribution in [0.15, 0.2) is 52.2 Å². The van der Waals surface area contributed by atoms with Gasteiger partial charge >= 0.3 is 0 Å². The van der Waals surface area contributed by atoms with Gasteiger partial charge in [-0.2, -0.15) is 0 Å². The minimum absolute atomic E-state index is 0.669. The number of thioether (sulfide) groups is 1. The highest BCUT2D eigenvalue weighted by Gasteiger charge is 2.21. The van der Waals surface area contributed by atoms with Gasteiger partial charge in [-0.15, -0.1) is 10.2 Å². The first-order valence-corrected chi connectivity index (χ1v) is 10.2. The fourth-order valence-corrected chi connectivity index (χ4v) is 4.34. The van der Waals surface area contributed by atoms with E-state index < -0.39 is 0 Å². The number of anilines is 1. The molecule has 136 valence electrons. The van der Waals surface area contributed by atoms with Crippen molar-refractivity contribution in [2.24, 2.45) is 0 Å². The number of nitrogens with zero attached hydrogens (tertiary/aromatic N) is 4. The van der Waals surface area contributed by atoms with E-state index in [-0.39, 0.29) is 0 Å². The van der Waals surface area contributed by atoms with Gasteiger partial charge in [-0.05, 0) is 49.4 Å². The number of hydrogen-bond donors (Lipinski definition) is 0. The zero-order chi connectivity index (χ0) is 17.8. The Balaban J connectivity index is 1.58. The fraction of sp³-hybridized carbons (Fsp3) is 0.400. The molecule has 1 aliphatic heterocycles. The van der Waals surface area contributed by atoms with E-state index in [1.807, 2.05) is 12.1 Å². The second-order valence-corrected chi connectivity index (χ2v) is 7.65. The summed E-state index contributed by atoms with van der Waals surface area (Å²) < 4.78 is 7.78. The number of aryl methyl sites for hydroxylation is 1. The van der Waals surface area contributed by atoms with Crippen LogP contribution in [0.25, 0.3) is 0 Å². The van der Waals surface area contributed by atoms with Gasteiger partial charge in [-0.25, -0.2) is 0 Å². The van der Waals surface area contributed by atoms with Crippen LogP contribution >= 0.6 is 11.8 Å². The van der Waals surface area contributed by atoms with Crippen molar-refractivity contribution < 1.29 is 4.42 Å². The molecule has 0 unspecified atom stereocenters. The van der Waals surface area contributed by atoms with Crippen LogP contribution in [-0.2, 0) is 12.3 Å². The molecule has 0 atom stereocenters. The Hall–Kier alpha value is -2.21. The first-order valence-electron chi connectivity index (χ1n) is 9.19. The Kier molecular flexibility index (Phi) is 5.29. The van der Waals surface area contributed by atoms with Gasteiger partial charge in [-0.1, -0.05) is 36.0 Å². The average molecular weight is 369 g/mol. The zero-order valence-electron chi connectivity index (χ0n) is 15.1. The summed E-state index contributed by atoms with van der Waals surface area (Å²) >= 11 is 1.74. The van der Waals surface area contributed by atoms with Crippen LogP contribution in [0.1, 0.15) is 36.1 Å². The number of hydrogen-bond acceptors (Lipinski definition) is 5. The molecule has 4 rings (SSSR count). The molecule has 0 spiro atoms. The number of benzene rings is 1. The van der Waals surface area contributed by atoms with Gasteiger partial charge in [-0.3, -0.25) is 4.57 Å². The maximum atomic E-state index is 5.58. The van der Waals surface area contributed by atoms with E-state index >= 15 is 0 Å². The summed E-state index contributed by atoms with van der Waals surface area (Å²) in [7, 11) is 0. The van der Waals surface area contributed by atoms with E-state index in [9.17, 15) is 0 Å². The largest absolute Gasteiger partial charge is 0.467 e. The van der Waals surface area contributed by atoms with Crippen LogP contribution in [0.2, 0.25) is 0 Å². The molecule has 1 aliphatic rings. The summed E-state index contributed by atoms with van der Waals surface area (Å²) in [4.78, 5) is 2.36. The SMILES string of the molecule is Cc1ccccc1CSc1nnc(N2CCCCC2)n1Cc1ccco1. The van der Waals surface area contributed by atoms with E-state index in [0.717, 1.165) is 35.7 Å². The minimum atomic E-state index is 0.669. The first kappa shape index (κ1) is 17.2. The molecule has 3 heterocycles. The second kappa shape index (κ2) is 7.99. The molecule has 0 N–H and O–H groups in total. The van der Waals surface area contributed by atoms with Crippen LogP contribution in [0.3, 0.4) is 0 Å². The summed E-state index contributed by atoms with van der Waals surface area (Å²) in [6.07, 6.45) is 5.47. The van der Waals surface area contributed by atoms with E-state index in [4.69, 9.17) is 4.42 Å². The lowest BCUT2D eigenvalue weighted by atomic mass is 10.1. The highest BCUT2D eigenvalue weighted by atomic mass is 32.2. The molecule has 0 radical (unpaired) electrons. The van der Waals surface area contributed by atoms with Crippen LogP contribution < -0.4 is 4.90 Å². The molecule has 1 fully saturated rings. The molecule has 5 nitrogen and oxygen atoms in total. The van der Waals surface area contributed by atoms with Crippen molar-refractivity contribution in [3.05, 3.63) is 59.5 Å². The summed E-state index contributed by atoms with van der Waals surface area (Å²) in [5.74, 6) is 2.79.